The van der Waals surface area contributed by atoms with Crippen molar-refractivity contribution in [1.82, 2.24) is 9.80 Å². The molecule has 0 bridgehead atoms. The molecule has 2 fully saturated rings. The van der Waals surface area contributed by atoms with Crippen molar-refractivity contribution in [3.05, 3.63) is 77.6 Å². The largest absolute Gasteiger partial charge is 0.493 e. The SMILES string of the molecule is COc1cc2c(cc1OCCCC(=O)Nc1ccc(C(=O)Nc3ccc4cc(C(=O)N5CCSCC5)oc4c3)cc1)N=C[C@@H]1CC(C)CN1C2=O. The number of aliphatic imine (C=N–C) groups is 1. The van der Waals surface area contributed by atoms with E-state index in [9.17, 15) is 19.2 Å². The molecule has 0 radical (unpaired) electrons. The van der Waals surface area contributed by atoms with Gasteiger partial charge in [-0.2, -0.15) is 11.8 Å². The van der Waals surface area contributed by atoms with Crippen molar-refractivity contribution in [3.63, 3.8) is 0 Å². The van der Waals surface area contributed by atoms with Gasteiger partial charge in [-0.3, -0.25) is 24.2 Å². The van der Waals surface area contributed by atoms with Gasteiger partial charge in [0, 0.05) is 78.2 Å². The first-order valence-corrected chi connectivity index (χ1v) is 18.2. The Bertz CT molecular complexity index is 2000. The van der Waals surface area contributed by atoms with E-state index in [1.165, 1.54) is 7.11 Å². The van der Waals surface area contributed by atoms with Crippen LogP contribution < -0.4 is 20.1 Å². The lowest BCUT2D eigenvalue weighted by Crippen LogP contribution is -2.37. The molecule has 4 aromatic rings. The van der Waals surface area contributed by atoms with E-state index in [2.05, 4.69) is 22.5 Å². The third-order valence-electron chi connectivity index (χ3n) is 9.24. The van der Waals surface area contributed by atoms with E-state index in [0.29, 0.717) is 83.0 Å². The van der Waals surface area contributed by atoms with Crippen LogP contribution in [0.3, 0.4) is 0 Å². The molecule has 1 unspecified atom stereocenters. The summed E-state index contributed by atoms with van der Waals surface area (Å²) in [5.74, 6) is 2.74. The number of nitrogens with one attached hydrogen (secondary N) is 2. The van der Waals surface area contributed by atoms with E-state index in [1.807, 2.05) is 28.9 Å². The smallest absolute Gasteiger partial charge is 0.289 e. The van der Waals surface area contributed by atoms with Gasteiger partial charge in [0.1, 0.15) is 5.58 Å². The van der Waals surface area contributed by atoms with E-state index >= 15 is 0 Å². The highest BCUT2D eigenvalue weighted by atomic mass is 32.2. The highest BCUT2D eigenvalue weighted by molar-refractivity contribution is 7.99. The quantitative estimate of drug-likeness (QED) is 0.184. The van der Waals surface area contributed by atoms with Crippen LogP contribution in [0, 0.1) is 5.92 Å². The van der Waals surface area contributed by atoms with Crippen molar-refractivity contribution in [3.8, 4) is 11.5 Å². The second kappa shape index (κ2) is 14.9. The Morgan fingerprint density at radius 2 is 1.76 bits per heavy atom. The minimum Gasteiger partial charge on any atom is -0.493 e. The van der Waals surface area contributed by atoms with Gasteiger partial charge in [-0.1, -0.05) is 6.92 Å². The molecular weight excluding hydrogens is 671 g/mol. The Morgan fingerprint density at radius 1 is 0.980 bits per heavy atom. The number of furan rings is 1. The number of fused-ring (bicyclic) bond motifs is 3. The van der Waals surface area contributed by atoms with Crippen LogP contribution in [0.15, 0.2) is 70.1 Å². The van der Waals surface area contributed by atoms with Gasteiger partial charge in [0.25, 0.3) is 17.7 Å². The van der Waals surface area contributed by atoms with Gasteiger partial charge in [-0.05, 0) is 67.3 Å². The molecule has 0 aliphatic carbocycles. The molecule has 4 heterocycles. The Kier molecular flexibility index (Phi) is 9.98. The summed E-state index contributed by atoms with van der Waals surface area (Å²) in [5, 5.41) is 6.50. The lowest BCUT2D eigenvalue weighted by molar-refractivity contribution is -0.116. The molecule has 264 valence electrons. The van der Waals surface area contributed by atoms with Crippen molar-refractivity contribution < 1.29 is 33.1 Å². The molecule has 12 nitrogen and oxygen atoms in total. The Balaban J connectivity index is 0.889. The number of ether oxygens (including phenoxy) is 2. The average molecular weight is 710 g/mol. The first-order chi connectivity index (χ1) is 24.7. The number of thioether (sulfide) groups is 1. The summed E-state index contributed by atoms with van der Waals surface area (Å²) in [6.45, 7) is 4.49. The van der Waals surface area contributed by atoms with E-state index in [-0.39, 0.29) is 42.7 Å². The molecule has 2 atom stereocenters. The van der Waals surface area contributed by atoms with Crippen molar-refractivity contribution >= 4 is 69.6 Å². The van der Waals surface area contributed by atoms with E-state index in [1.54, 1.807) is 59.5 Å². The van der Waals surface area contributed by atoms with Gasteiger partial charge in [0.2, 0.25) is 5.91 Å². The number of carbonyl (C=O) groups excluding carboxylic acids is 4. The van der Waals surface area contributed by atoms with Crippen LogP contribution in [0.1, 0.15) is 57.5 Å². The normalized spacial score (nSPS) is 18.2. The minimum atomic E-state index is -0.323. The molecule has 3 aliphatic heterocycles. The summed E-state index contributed by atoms with van der Waals surface area (Å²) < 4.78 is 17.3. The van der Waals surface area contributed by atoms with Gasteiger partial charge in [0.05, 0.1) is 31.0 Å². The summed E-state index contributed by atoms with van der Waals surface area (Å²) in [6.07, 6.45) is 3.38. The minimum absolute atomic E-state index is 0.0113. The van der Waals surface area contributed by atoms with Gasteiger partial charge < -0.3 is 34.3 Å². The van der Waals surface area contributed by atoms with E-state index in [4.69, 9.17) is 13.9 Å². The number of rotatable bonds is 10. The van der Waals surface area contributed by atoms with Crippen LogP contribution in [0.4, 0.5) is 17.1 Å². The fourth-order valence-electron chi connectivity index (χ4n) is 6.56. The third kappa shape index (κ3) is 7.58. The van der Waals surface area contributed by atoms with Crippen LogP contribution in [0.2, 0.25) is 0 Å². The first-order valence-electron chi connectivity index (χ1n) is 17.1. The highest BCUT2D eigenvalue weighted by Gasteiger charge is 2.36. The molecule has 4 amide bonds. The number of hydrogen-bond donors (Lipinski definition) is 2. The number of anilines is 2. The summed E-state index contributed by atoms with van der Waals surface area (Å²) in [4.78, 5) is 60.0. The molecule has 13 heteroatoms. The Hall–Kier alpha value is -5.30. The molecule has 2 saturated heterocycles. The van der Waals surface area contributed by atoms with Gasteiger partial charge in [0.15, 0.2) is 17.3 Å². The molecule has 3 aromatic carbocycles. The number of methoxy groups -OCH3 is 1. The predicted octanol–water partition coefficient (Wildman–Crippen LogP) is 6.25. The number of carbonyl (C=O) groups is 4. The summed E-state index contributed by atoms with van der Waals surface area (Å²) >= 11 is 1.83. The standard InChI is InChI=1S/C38H39N5O7S/c1-23-16-28-21-39-30-20-33(32(48-2)19-29(30)37(46)43(28)22-23)49-13-3-4-35(44)40-26-8-5-24(6-9-26)36(45)41-27-10-7-25-17-34(50-31(25)18-27)38(47)42-11-14-51-15-12-42/h5-10,17-21,23,28H,3-4,11-16,22H2,1-2H3,(H,40,44)(H,41,45)/t23?,28-/m0/s1. The summed E-state index contributed by atoms with van der Waals surface area (Å²) in [6, 6.07) is 17.0. The Labute approximate surface area is 299 Å². The monoisotopic (exact) mass is 709 g/mol. The summed E-state index contributed by atoms with van der Waals surface area (Å²) in [7, 11) is 1.53. The zero-order valence-electron chi connectivity index (χ0n) is 28.5. The number of amides is 4. The second-order valence-corrected chi connectivity index (χ2v) is 14.2. The summed E-state index contributed by atoms with van der Waals surface area (Å²) in [5.41, 5.74) is 3.05. The molecule has 51 heavy (non-hydrogen) atoms. The fraction of sp³-hybridized carbons (Fsp3) is 0.342. The van der Waals surface area contributed by atoms with Crippen molar-refractivity contribution in [2.75, 3.05) is 55.5 Å². The maximum atomic E-state index is 13.2. The molecule has 7 rings (SSSR count). The lowest BCUT2D eigenvalue weighted by Gasteiger charge is -2.25. The van der Waals surface area contributed by atoms with Gasteiger partial charge in [-0.25, -0.2) is 0 Å². The van der Waals surface area contributed by atoms with Gasteiger partial charge >= 0.3 is 0 Å². The van der Waals surface area contributed by atoms with E-state index < -0.39 is 0 Å². The van der Waals surface area contributed by atoms with Crippen molar-refractivity contribution in [2.45, 2.75) is 32.2 Å². The average Bonchev–Trinajstić information content (AvgIpc) is 3.72. The molecule has 2 N–H and O–H groups in total. The Morgan fingerprint density at radius 3 is 2.55 bits per heavy atom. The van der Waals surface area contributed by atoms with Crippen molar-refractivity contribution in [1.29, 1.82) is 0 Å². The number of hydrogen-bond acceptors (Lipinski definition) is 9. The van der Waals surface area contributed by atoms with Crippen LogP contribution in [-0.2, 0) is 4.79 Å². The fourth-order valence-corrected chi connectivity index (χ4v) is 7.47. The maximum absolute atomic E-state index is 13.2. The lowest BCUT2D eigenvalue weighted by atomic mass is 10.1. The molecule has 3 aliphatic rings. The molecular formula is C38H39N5O7S. The number of benzene rings is 3. The number of nitrogens with zero attached hydrogens (tertiary/aromatic N) is 3. The molecule has 1 aromatic heterocycles. The zero-order valence-corrected chi connectivity index (χ0v) is 29.3. The topological polar surface area (TPSA) is 143 Å². The predicted molar refractivity (Wildman–Crippen MR) is 197 cm³/mol. The third-order valence-corrected chi connectivity index (χ3v) is 10.2. The molecule has 0 saturated carbocycles. The van der Waals surface area contributed by atoms with Gasteiger partial charge in [-0.15, -0.1) is 0 Å². The van der Waals surface area contributed by atoms with Crippen LogP contribution in [-0.4, -0.2) is 90.5 Å². The first kappa shape index (κ1) is 34.2. The maximum Gasteiger partial charge on any atom is 0.289 e. The zero-order chi connectivity index (χ0) is 35.5. The second-order valence-electron chi connectivity index (χ2n) is 13.0. The molecule has 0 spiro atoms. The van der Waals surface area contributed by atoms with Crippen LogP contribution in [0.25, 0.3) is 11.0 Å². The highest BCUT2D eigenvalue weighted by Crippen LogP contribution is 2.38. The van der Waals surface area contributed by atoms with E-state index in [0.717, 1.165) is 23.3 Å². The van der Waals surface area contributed by atoms with Crippen LogP contribution >= 0.6 is 11.8 Å². The van der Waals surface area contributed by atoms with Crippen LogP contribution in [0.5, 0.6) is 11.5 Å². The van der Waals surface area contributed by atoms with Crippen molar-refractivity contribution in [2.24, 2.45) is 10.9 Å².